The summed E-state index contributed by atoms with van der Waals surface area (Å²) in [5.74, 6) is 0.951. The van der Waals surface area contributed by atoms with Crippen LogP contribution in [-0.2, 0) is 11.3 Å². The van der Waals surface area contributed by atoms with E-state index in [9.17, 15) is 10.5 Å². The van der Waals surface area contributed by atoms with Crippen LogP contribution in [0, 0.1) is 28.6 Å². The van der Waals surface area contributed by atoms with Crippen LogP contribution in [0.2, 0.25) is 0 Å². The summed E-state index contributed by atoms with van der Waals surface area (Å²) in [4.78, 5) is 1.81. The molecular weight excluding hydrogens is 350 g/mol. The molecule has 0 bridgehead atoms. The minimum atomic E-state index is 0.179. The first kappa shape index (κ1) is 19.5. The number of rotatable bonds is 7. The molecule has 2 aromatic carbocycles. The van der Waals surface area contributed by atoms with E-state index in [0.717, 1.165) is 29.8 Å². The Balaban J connectivity index is 1.70. The van der Waals surface area contributed by atoms with E-state index in [1.54, 1.807) is 6.20 Å². The Morgan fingerprint density at radius 2 is 1.79 bits per heavy atom. The number of allylic oxidation sites excluding steroid dienone is 1. The Hall–Kier alpha value is -3.28. The zero-order valence-electron chi connectivity index (χ0n) is 15.8. The maximum Gasteiger partial charge on any atom is 0.119 e. The highest BCUT2D eigenvalue weighted by atomic mass is 16.5. The molecule has 5 heteroatoms. The van der Waals surface area contributed by atoms with Gasteiger partial charge in [-0.05, 0) is 48.6 Å². The lowest BCUT2D eigenvalue weighted by atomic mass is 9.92. The second kappa shape index (κ2) is 10.2. The highest BCUT2D eigenvalue weighted by Crippen LogP contribution is 2.26. The van der Waals surface area contributed by atoms with E-state index in [2.05, 4.69) is 12.1 Å². The van der Waals surface area contributed by atoms with Crippen molar-refractivity contribution in [2.45, 2.75) is 19.4 Å². The summed E-state index contributed by atoms with van der Waals surface area (Å²) in [7, 11) is 0. The van der Waals surface area contributed by atoms with E-state index >= 15 is 0 Å². The van der Waals surface area contributed by atoms with Crippen molar-refractivity contribution in [3.05, 3.63) is 71.9 Å². The largest absolute Gasteiger partial charge is 0.489 e. The molecule has 0 amide bonds. The highest BCUT2D eigenvalue weighted by Gasteiger charge is 2.19. The summed E-state index contributed by atoms with van der Waals surface area (Å²) < 4.78 is 11.2. The van der Waals surface area contributed by atoms with Crippen molar-refractivity contribution in [2.75, 3.05) is 24.7 Å². The van der Waals surface area contributed by atoms with E-state index in [1.165, 1.54) is 0 Å². The van der Waals surface area contributed by atoms with Crippen LogP contribution in [0.3, 0.4) is 0 Å². The number of nitriles is 2. The summed E-state index contributed by atoms with van der Waals surface area (Å²) in [5, 5.41) is 18.8. The Morgan fingerprint density at radius 1 is 1.07 bits per heavy atom. The van der Waals surface area contributed by atoms with E-state index < -0.39 is 0 Å². The van der Waals surface area contributed by atoms with Crippen molar-refractivity contribution in [2.24, 2.45) is 5.92 Å². The van der Waals surface area contributed by atoms with Crippen molar-refractivity contribution >= 4 is 5.69 Å². The van der Waals surface area contributed by atoms with Gasteiger partial charge in [0, 0.05) is 30.7 Å². The first-order chi connectivity index (χ1) is 13.8. The van der Waals surface area contributed by atoms with Crippen LogP contribution in [0.4, 0.5) is 5.69 Å². The molecule has 1 aliphatic heterocycles. The molecule has 1 heterocycles. The standard InChI is InChI=1S/C23H23N3O2/c24-12-13-26(17-21(16-25)20-10-14-27-15-11-20)22-6-8-23(9-7-22)28-18-19-4-2-1-3-5-19/h1-9,17,20H,10-11,13-15,18H2. The number of hydrogen-bond acceptors (Lipinski definition) is 5. The molecule has 0 saturated carbocycles. The molecule has 1 saturated heterocycles. The Labute approximate surface area is 166 Å². The Kier molecular flexibility index (Phi) is 7.07. The van der Waals surface area contributed by atoms with Crippen molar-refractivity contribution in [3.63, 3.8) is 0 Å². The first-order valence-corrected chi connectivity index (χ1v) is 9.40. The van der Waals surface area contributed by atoms with Gasteiger partial charge in [0.1, 0.15) is 18.9 Å². The molecule has 1 aliphatic rings. The lowest BCUT2D eigenvalue weighted by molar-refractivity contribution is 0.0767. The Morgan fingerprint density at radius 3 is 2.43 bits per heavy atom. The smallest absolute Gasteiger partial charge is 0.119 e. The molecule has 0 spiro atoms. The predicted octanol–water partition coefficient (Wildman–Crippen LogP) is 4.43. The van der Waals surface area contributed by atoms with Crippen LogP contribution < -0.4 is 9.64 Å². The third-order valence-corrected chi connectivity index (χ3v) is 4.74. The van der Waals surface area contributed by atoms with Gasteiger partial charge in [-0.1, -0.05) is 30.3 Å². The van der Waals surface area contributed by atoms with Crippen LogP contribution in [0.15, 0.2) is 66.4 Å². The second-order valence-electron chi connectivity index (χ2n) is 6.64. The zero-order valence-corrected chi connectivity index (χ0v) is 15.8. The number of hydrogen-bond donors (Lipinski definition) is 0. The summed E-state index contributed by atoms with van der Waals surface area (Å²) in [6.07, 6.45) is 3.48. The van der Waals surface area contributed by atoms with Crippen LogP contribution in [0.25, 0.3) is 0 Å². The average Bonchev–Trinajstić information content (AvgIpc) is 2.77. The highest BCUT2D eigenvalue weighted by molar-refractivity contribution is 5.53. The molecule has 0 aliphatic carbocycles. The van der Waals surface area contributed by atoms with E-state index in [-0.39, 0.29) is 12.5 Å². The minimum absolute atomic E-state index is 0.179. The molecule has 28 heavy (non-hydrogen) atoms. The third kappa shape index (κ3) is 5.36. The second-order valence-corrected chi connectivity index (χ2v) is 6.64. The quantitative estimate of drug-likeness (QED) is 0.530. The molecule has 1 fully saturated rings. The first-order valence-electron chi connectivity index (χ1n) is 9.40. The van der Waals surface area contributed by atoms with Crippen LogP contribution in [0.5, 0.6) is 5.75 Å². The van der Waals surface area contributed by atoms with E-state index in [0.29, 0.717) is 25.4 Å². The Bertz CT molecular complexity index is 857. The van der Waals surface area contributed by atoms with Gasteiger partial charge in [-0.3, -0.25) is 0 Å². The van der Waals surface area contributed by atoms with Gasteiger partial charge in [-0.25, -0.2) is 0 Å². The molecule has 142 valence electrons. The molecular formula is C23H23N3O2. The number of anilines is 1. The van der Waals surface area contributed by atoms with Crippen molar-refractivity contribution in [1.82, 2.24) is 0 Å². The molecule has 0 N–H and O–H groups in total. The summed E-state index contributed by atoms with van der Waals surface area (Å²) >= 11 is 0. The van der Waals surface area contributed by atoms with Crippen LogP contribution in [-0.4, -0.2) is 19.8 Å². The monoisotopic (exact) mass is 373 g/mol. The maximum absolute atomic E-state index is 9.58. The molecule has 0 aromatic heterocycles. The fourth-order valence-electron chi connectivity index (χ4n) is 3.16. The summed E-state index contributed by atoms with van der Waals surface area (Å²) in [6, 6.07) is 22.1. The van der Waals surface area contributed by atoms with E-state index in [4.69, 9.17) is 9.47 Å². The number of benzene rings is 2. The van der Waals surface area contributed by atoms with E-state index in [1.807, 2.05) is 59.5 Å². The fraction of sp³-hybridized carbons (Fsp3) is 0.304. The SMILES string of the molecule is N#CCN(C=C(C#N)C1CCOCC1)c1ccc(OCc2ccccc2)cc1. The molecule has 5 nitrogen and oxygen atoms in total. The van der Waals surface area contributed by atoms with Gasteiger partial charge in [-0.2, -0.15) is 10.5 Å². The molecule has 2 aromatic rings. The van der Waals surface area contributed by atoms with Gasteiger partial charge in [0.2, 0.25) is 0 Å². The third-order valence-electron chi connectivity index (χ3n) is 4.74. The van der Waals surface area contributed by atoms with Gasteiger partial charge in [0.25, 0.3) is 0 Å². The molecule has 3 rings (SSSR count). The number of nitrogens with zero attached hydrogens (tertiary/aromatic N) is 3. The van der Waals surface area contributed by atoms with Gasteiger partial charge < -0.3 is 14.4 Å². The normalized spacial score (nSPS) is 14.7. The molecule has 0 atom stereocenters. The van der Waals surface area contributed by atoms with Gasteiger partial charge in [0.05, 0.1) is 12.1 Å². The summed E-state index contributed by atoms with van der Waals surface area (Å²) in [6.45, 7) is 2.04. The predicted molar refractivity (Wildman–Crippen MR) is 107 cm³/mol. The van der Waals surface area contributed by atoms with Crippen molar-refractivity contribution in [3.8, 4) is 17.9 Å². The van der Waals surface area contributed by atoms with Gasteiger partial charge >= 0.3 is 0 Å². The zero-order chi connectivity index (χ0) is 19.6. The average molecular weight is 373 g/mol. The van der Waals surface area contributed by atoms with Crippen molar-refractivity contribution in [1.29, 1.82) is 10.5 Å². The lowest BCUT2D eigenvalue weighted by Crippen LogP contribution is -2.21. The topological polar surface area (TPSA) is 69.3 Å². The van der Waals surface area contributed by atoms with Crippen LogP contribution in [0.1, 0.15) is 18.4 Å². The number of ether oxygens (including phenoxy) is 2. The maximum atomic E-state index is 9.58. The lowest BCUT2D eigenvalue weighted by Gasteiger charge is -2.24. The minimum Gasteiger partial charge on any atom is -0.489 e. The fourth-order valence-corrected chi connectivity index (χ4v) is 3.16. The molecule has 0 unspecified atom stereocenters. The van der Waals surface area contributed by atoms with Crippen LogP contribution >= 0.6 is 0 Å². The van der Waals surface area contributed by atoms with Gasteiger partial charge in [-0.15, -0.1) is 0 Å². The van der Waals surface area contributed by atoms with Gasteiger partial charge in [0.15, 0.2) is 0 Å². The molecule has 0 radical (unpaired) electrons. The van der Waals surface area contributed by atoms with Crippen molar-refractivity contribution < 1.29 is 9.47 Å². The summed E-state index contributed by atoms with van der Waals surface area (Å²) in [5.41, 5.74) is 2.66.